The van der Waals surface area contributed by atoms with Crippen molar-refractivity contribution in [3.8, 4) is 34.3 Å². The number of phenols is 1. The van der Waals surface area contributed by atoms with Gasteiger partial charge in [-0.3, -0.25) is 9.36 Å². The van der Waals surface area contributed by atoms with E-state index in [0.29, 0.717) is 34.0 Å². The molecule has 0 bridgehead atoms. The minimum Gasteiger partial charge on any atom is -0.507 e. The molecule has 1 aliphatic heterocycles. The largest absolute Gasteiger partial charge is 0.507 e. The van der Waals surface area contributed by atoms with Gasteiger partial charge in [0.15, 0.2) is 17.3 Å². The van der Waals surface area contributed by atoms with Crippen molar-refractivity contribution in [2.24, 2.45) is 11.5 Å². The molecule has 0 saturated heterocycles. The highest BCUT2D eigenvalue weighted by Gasteiger charge is 2.24. The highest BCUT2D eigenvalue weighted by atomic mass is 16.7. The Morgan fingerprint density at radius 2 is 1.96 bits per heavy atom. The molecule has 144 valence electrons. The summed E-state index contributed by atoms with van der Waals surface area (Å²) >= 11 is 0. The molecule has 7 N–H and O–H groups in total. The highest BCUT2D eigenvalue weighted by Crippen LogP contribution is 2.38. The molecule has 10 heteroatoms. The van der Waals surface area contributed by atoms with Crippen LogP contribution in [0.2, 0.25) is 0 Å². The Morgan fingerprint density at radius 3 is 2.68 bits per heavy atom. The van der Waals surface area contributed by atoms with Crippen LogP contribution in [-0.4, -0.2) is 32.6 Å². The first kappa shape index (κ1) is 17.6. The Bertz CT molecular complexity index is 1090. The molecule has 0 aliphatic carbocycles. The number of hydrogen-bond acceptors (Lipinski definition) is 8. The quantitative estimate of drug-likeness (QED) is 0.486. The van der Waals surface area contributed by atoms with Crippen molar-refractivity contribution in [1.29, 1.82) is 0 Å². The number of benzene rings is 2. The van der Waals surface area contributed by atoms with Crippen molar-refractivity contribution in [2.75, 3.05) is 12.5 Å². The summed E-state index contributed by atoms with van der Waals surface area (Å²) in [4.78, 5) is 11.9. The van der Waals surface area contributed by atoms with Gasteiger partial charge in [-0.2, -0.15) is 0 Å². The second-order valence-electron chi connectivity index (χ2n) is 6.37. The lowest BCUT2D eigenvalue weighted by molar-refractivity contribution is 0.0988. The van der Waals surface area contributed by atoms with E-state index in [1.165, 1.54) is 10.6 Å². The number of nitrogen functional groups attached to an aromatic ring is 1. The Morgan fingerprint density at radius 1 is 1.21 bits per heavy atom. The fraction of sp³-hybridized carbons (Fsp3) is 0.167. The summed E-state index contributed by atoms with van der Waals surface area (Å²) < 4.78 is 12.1. The van der Waals surface area contributed by atoms with Crippen molar-refractivity contribution in [3.63, 3.8) is 0 Å². The Kier molecular flexibility index (Phi) is 4.04. The third kappa shape index (κ3) is 2.76. The van der Waals surface area contributed by atoms with Crippen LogP contribution in [0.5, 0.6) is 17.2 Å². The van der Waals surface area contributed by atoms with Crippen molar-refractivity contribution < 1.29 is 19.4 Å². The van der Waals surface area contributed by atoms with Crippen LogP contribution in [0.1, 0.15) is 29.1 Å². The monoisotopic (exact) mass is 382 g/mol. The summed E-state index contributed by atoms with van der Waals surface area (Å²) in [6.45, 7) is 1.87. The molecule has 1 unspecified atom stereocenters. The van der Waals surface area contributed by atoms with Gasteiger partial charge in [0.25, 0.3) is 5.91 Å². The topological polar surface area (TPSA) is 165 Å². The van der Waals surface area contributed by atoms with Crippen LogP contribution in [0.4, 0.5) is 5.69 Å². The van der Waals surface area contributed by atoms with Crippen molar-refractivity contribution in [3.05, 3.63) is 41.7 Å². The molecule has 1 atom stereocenters. The first-order chi connectivity index (χ1) is 13.4. The van der Waals surface area contributed by atoms with E-state index in [0.717, 1.165) is 0 Å². The minimum atomic E-state index is -0.779. The summed E-state index contributed by atoms with van der Waals surface area (Å²) in [5.74, 6) is 0.268. The molecule has 1 aliphatic rings. The standard InChI is InChI=1S/C18H18N6O4/c1-8(19)10-5-11(13(25)6-12(10)20)17-22-23-18(16(21)26)24(17)9-2-3-14-15(4-9)28-7-27-14/h2-6,8,25H,7,19-20H2,1H3,(H2,21,26). The molecule has 0 fully saturated rings. The number of anilines is 1. The number of carbonyl (C=O) groups is 1. The van der Waals surface area contributed by atoms with Gasteiger partial charge in [-0.1, -0.05) is 0 Å². The molecule has 0 radical (unpaired) electrons. The van der Waals surface area contributed by atoms with E-state index < -0.39 is 5.91 Å². The molecule has 2 heterocycles. The van der Waals surface area contributed by atoms with Gasteiger partial charge in [-0.05, 0) is 30.7 Å². The number of nitrogens with two attached hydrogens (primary N) is 3. The van der Waals surface area contributed by atoms with Gasteiger partial charge in [0.05, 0.1) is 11.3 Å². The van der Waals surface area contributed by atoms with E-state index >= 15 is 0 Å². The predicted octanol–water partition coefficient (Wildman–Crippen LogP) is 1.07. The summed E-state index contributed by atoms with van der Waals surface area (Å²) in [7, 11) is 0. The summed E-state index contributed by atoms with van der Waals surface area (Å²) in [5.41, 5.74) is 19.2. The minimum absolute atomic E-state index is 0.104. The van der Waals surface area contributed by atoms with Gasteiger partial charge in [-0.15, -0.1) is 10.2 Å². The molecule has 2 aromatic carbocycles. The maximum Gasteiger partial charge on any atom is 0.287 e. The Hall–Kier alpha value is -3.79. The van der Waals surface area contributed by atoms with Gasteiger partial charge in [0.1, 0.15) is 5.75 Å². The number of fused-ring (bicyclic) bond motifs is 1. The van der Waals surface area contributed by atoms with E-state index in [4.69, 9.17) is 26.7 Å². The number of hydrogen-bond donors (Lipinski definition) is 4. The van der Waals surface area contributed by atoms with Gasteiger partial charge in [0.2, 0.25) is 12.6 Å². The van der Waals surface area contributed by atoms with E-state index in [2.05, 4.69) is 10.2 Å². The fourth-order valence-corrected chi connectivity index (χ4v) is 3.08. The lowest BCUT2D eigenvalue weighted by atomic mass is 10.0. The number of amides is 1. The Labute approximate surface area is 159 Å². The zero-order valence-electron chi connectivity index (χ0n) is 14.9. The van der Waals surface area contributed by atoms with Crippen LogP contribution in [-0.2, 0) is 0 Å². The fourth-order valence-electron chi connectivity index (χ4n) is 3.08. The van der Waals surface area contributed by atoms with E-state index in [1.807, 2.05) is 0 Å². The van der Waals surface area contributed by atoms with E-state index in [1.54, 1.807) is 31.2 Å². The van der Waals surface area contributed by atoms with Gasteiger partial charge in [-0.25, -0.2) is 0 Å². The zero-order valence-corrected chi connectivity index (χ0v) is 14.9. The first-order valence-electron chi connectivity index (χ1n) is 8.40. The normalized spacial score (nSPS) is 13.5. The molecular formula is C18H18N6O4. The number of ether oxygens (including phenoxy) is 2. The number of nitrogens with zero attached hydrogens (tertiary/aromatic N) is 3. The molecule has 1 amide bonds. The number of phenolic OH excluding ortho intramolecular Hbond substituents is 1. The second kappa shape index (κ2) is 6.43. The summed E-state index contributed by atoms with van der Waals surface area (Å²) in [5, 5.41) is 18.4. The SMILES string of the molecule is CC(N)c1cc(-c2nnc(C(N)=O)n2-c2ccc3c(c2)OCO3)c(O)cc1N. The molecule has 3 aromatic rings. The number of aromatic nitrogens is 3. The van der Waals surface area contributed by atoms with E-state index in [9.17, 15) is 9.90 Å². The van der Waals surface area contributed by atoms with Crippen LogP contribution in [0.25, 0.3) is 17.1 Å². The van der Waals surface area contributed by atoms with Crippen molar-refractivity contribution >= 4 is 11.6 Å². The highest BCUT2D eigenvalue weighted by molar-refractivity contribution is 5.91. The van der Waals surface area contributed by atoms with Crippen molar-refractivity contribution in [2.45, 2.75) is 13.0 Å². The number of aromatic hydroxyl groups is 1. The predicted molar refractivity (Wildman–Crippen MR) is 100 cm³/mol. The molecule has 28 heavy (non-hydrogen) atoms. The maximum absolute atomic E-state index is 11.9. The average Bonchev–Trinajstić information content (AvgIpc) is 3.27. The second-order valence-corrected chi connectivity index (χ2v) is 6.37. The van der Waals surface area contributed by atoms with Crippen LogP contribution in [0.15, 0.2) is 30.3 Å². The lowest BCUT2D eigenvalue weighted by Crippen LogP contribution is -2.18. The zero-order chi connectivity index (χ0) is 20.0. The van der Waals surface area contributed by atoms with Crippen LogP contribution in [0, 0.1) is 0 Å². The molecule has 4 rings (SSSR count). The lowest BCUT2D eigenvalue weighted by Gasteiger charge is -2.15. The van der Waals surface area contributed by atoms with Gasteiger partial charge in [0, 0.05) is 23.9 Å². The molecule has 10 nitrogen and oxygen atoms in total. The summed E-state index contributed by atoms with van der Waals surface area (Å²) in [6, 6.07) is 7.69. The molecule has 0 spiro atoms. The number of primary amides is 1. The Balaban J connectivity index is 1.95. The van der Waals surface area contributed by atoms with E-state index in [-0.39, 0.29) is 30.2 Å². The van der Waals surface area contributed by atoms with Crippen LogP contribution in [0.3, 0.4) is 0 Å². The molecule has 1 aromatic heterocycles. The average molecular weight is 382 g/mol. The third-order valence-corrected chi connectivity index (χ3v) is 4.43. The third-order valence-electron chi connectivity index (χ3n) is 4.43. The number of rotatable bonds is 4. The number of carbonyl (C=O) groups excluding carboxylic acids is 1. The first-order valence-corrected chi connectivity index (χ1v) is 8.40. The van der Waals surface area contributed by atoms with Crippen LogP contribution >= 0.6 is 0 Å². The van der Waals surface area contributed by atoms with Crippen molar-refractivity contribution in [1.82, 2.24) is 14.8 Å². The van der Waals surface area contributed by atoms with Crippen LogP contribution < -0.4 is 26.7 Å². The smallest absolute Gasteiger partial charge is 0.287 e. The summed E-state index contributed by atoms with van der Waals surface area (Å²) in [6.07, 6.45) is 0. The molecule has 0 saturated carbocycles. The van der Waals surface area contributed by atoms with Gasteiger partial charge < -0.3 is 31.8 Å². The molecular weight excluding hydrogens is 364 g/mol. The maximum atomic E-state index is 11.9. The van der Waals surface area contributed by atoms with Gasteiger partial charge >= 0.3 is 0 Å².